The largest absolute Gasteiger partial charge is 0.339 e. The van der Waals surface area contributed by atoms with Crippen molar-refractivity contribution in [1.29, 1.82) is 0 Å². The van der Waals surface area contributed by atoms with Crippen LogP contribution in [0.3, 0.4) is 0 Å². The molecule has 2 amide bonds. The zero-order valence-corrected chi connectivity index (χ0v) is 17.1. The highest BCUT2D eigenvalue weighted by atomic mass is 35.5. The van der Waals surface area contributed by atoms with E-state index in [-0.39, 0.29) is 48.2 Å². The van der Waals surface area contributed by atoms with Gasteiger partial charge in [0.15, 0.2) is 0 Å². The molecule has 0 radical (unpaired) electrons. The molecule has 0 aromatic heterocycles. The third-order valence-electron chi connectivity index (χ3n) is 6.42. The van der Waals surface area contributed by atoms with Gasteiger partial charge in [-0.2, -0.15) is 0 Å². The van der Waals surface area contributed by atoms with Crippen LogP contribution in [0.2, 0.25) is 0 Å². The Hall–Kier alpha value is -1.66. The van der Waals surface area contributed by atoms with Gasteiger partial charge in [0.25, 0.3) is 0 Å². The van der Waals surface area contributed by atoms with Gasteiger partial charge in [0.1, 0.15) is 5.82 Å². The average Bonchev–Trinajstić information content (AvgIpc) is 3.07. The molecule has 1 saturated heterocycles. The van der Waals surface area contributed by atoms with E-state index in [1.54, 1.807) is 6.07 Å². The summed E-state index contributed by atoms with van der Waals surface area (Å²) in [4.78, 5) is 27.0. The van der Waals surface area contributed by atoms with Gasteiger partial charge < -0.3 is 15.5 Å². The molecule has 1 atom stereocenters. The van der Waals surface area contributed by atoms with Crippen LogP contribution in [0.5, 0.6) is 0 Å². The van der Waals surface area contributed by atoms with Gasteiger partial charge in [-0.3, -0.25) is 9.59 Å². The van der Waals surface area contributed by atoms with Gasteiger partial charge in [0.2, 0.25) is 11.8 Å². The second kappa shape index (κ2) is 8.78. The van der Waals surface area contributed by atoms with Crippen molar-refractivity contribution in [3.05, 3.63) is 29.1 Å². The van der Waals surface area contributed by atoms with Crippen molar-refractivity contribution in [2.24, 2.45) is 11.8 Å². The number of fused-ring (bicyclic) bond motifs is 1. The second-order valence-electron chi connectivity index (χ2n) is 8.34. The second-order valence-corrected chi connectivity index (χ2v) is 8.34. The zero-order valence-electron chi connectivity index (χ0n) is 16.3. The van der Waals surface area contributed by atoms with Crippen molar-refractivity contribution < 1.29 is 14.0 Å². The Morgan fingerprint density at radius 3 is 2.75 bits per heavy atom. The van der Waals surface area contributed by atoms with Gasteiger partial charge in [-0.05, 0) is 61.8 Å². The molecule has 1 aromatic carbocycles. The number of hydrogen-bond donors (Lipinski definition) is 2. The summed E-state index contributed by atoms with van der Waals surface area (Å²) in [5.41, 5.74) is 1.87. The van der Waals surface area contributed by atoms with Crippen LogP contribution in [0.15, 0.2) is 12.1 Å². The number of carbonyl (C=O) groups excluding carboxylic acids is 2. The first kappa shape index (κ1) is 21.1. The van der Waals surface area contributed by atoms with Gasteiger partial charge in [-0.15, -0.1) is 12.4 Å². The first-order valence-electron chi connectivity index (χ1n) is 10.1. The predicted molar refractivity (Wildman–Crippen MR) is 109 cm³/mol. The molecule has 7 heteroatoms. The lowest BCUT2D eigenvalue weighted by atomic mass is 9.87. The molecule has 154 valence electrons. The standard InChI is InChI=1S/C21H28FN3O2.ClH/c1-13-2-5-16(6-3-13)25-12-15(10-19(25)26)21(27)24-18-7-4-14-11-23-9-8-17(14)20(18)22;/h4,7,13,15-16,23H,2-3,5-6,8-12H2,1H3,(H,24,27);1H. The molecule has 2 heterocycles. The molecule has 1 aliphatic carbocycles. The van der Waals surface area contributed by atoms with Crippen molar-refractivity contribution in [2.45, 2.75) is 58.0 Å². The first-order valence-corrected chi connectivity index (χ1v) is 10.1. The number of amides is 2. The van der Waals surface area contributed by atoms with E-state index in [2.05, 4.69) is 17.6 Å². The van der Waals surface area contributed by atoms with Gasteiger partial charge in [0, 0.05) is 25.6 Å². The molecular weight excluding hydrogens is 381 g/mol. The third kappa shape index (κ3) is 4.18. The number of carbonyl (C=O) groups is 2. The molecule has 2 aliphatic heterocycles. The van der Waals surface area contributed by atoms with E-state index in [4.69, 9.17) is 0 Å². The van der Waals surface area contributed by atoms with E-state index in [0.29, 0.717) is 25.1 Å². The molecule has 2 fully saturated rings. The minimum absolute atomic E-state index is 0. The Labute approximate surface area is 171 Å². The Morgan fingerprint density at radius 1 is 1.25 bits per heavy atom. The van der Waals surface area contributed by atoms with Crippen molar-refractivity contribution in [2.75, 3.05) is 18.4 Å². The Balaban J connectivity index is 0.00000225. The van der Waals surface area contributed by atoms with Crippen molar-refractivity contribution in [3.8, 4) is 0 Å². The first-order chi connectivity index (χ1) is 13.0. The van der Waals surface area contributed by atoms with Crippen LogP contribution in [-0.2, 0) is 22.6 Å². The highest BCUT2D eigenvalue weighted by Gasteiger charge is 2.39. The number of likely N-dealkylation sites (tertiary alicyclic amines) is 1. The van der Waals surface area contributed by atoms with Crippen LogP contribution in [0.1, 0.15) is 50.2 Å². The minimum atomic E-state index is -0.394. The van der Waals surface area contributed by atoms with E-state index >= 15 is 0 Å². The van der Waals surface area contributed by atoms with E-state index < -0.39 is 5.92 Å². The number of halogens is 2. The molecule has 0 bridgehead atoms. The van der Waals surface area contributed by atoms with Crippen LogP contribution in [0.4, 0.5) is 10.1 Å². The number of anilines is 1. The average molecular weight is 410 g/mol. The molecule has 5 nitrogen and oxygen atoms in total. The number of benzene rings is 1. The molecule has 2 N–H and O–H groups in total. The number of rotatable bonds is 3. The summed E-state index contributed by atoms with van der Waals surface area (Å²) in [5, 5.41) is 5.96. The lowest BCUT2D eigenvalue weighted by Crippen LogP contribution is -2.39. The SMILES string of the molecule is CC1CCC(N2CC(C(=O)Nc3ccc4c(c3F)CCNC4)CC2=O)CC1.Cl. The van der Waals surface area contributed by atoms with Crippen LogP contribution in [-0.4, -0.2) is 35.8 Å². The smallest absolute Gasteiger partial charge is 0.229 e. The minimum Gasteiger partial charge on any atom is -0.339 e. The normalized spacial score (nSPS) is 27.1. The van der Waals surface area contributed by atoms with E-state index in [0.717, 1.165) is 43.7 Å². The topological polar surface area (TPSA) is 61.4 Å². The predicted octanol–water partition coefficient (Wildman–Crippen LogP) is 3.26. The number of nitrogens with one attached hydrogen (secondary N) is 2. The van der Waals surface area contributed by atoms with Crippen LogP contribution in [0.25, 0.3) is 0 Å². The summed E-state index contributed by atoms with van der Waals surface area (Å²) < 4.78 is 14.8. The van der Waals surface area contributed by atoms with Gasteiger partial charge in [-0.1, -0.05) is 13.0 Å². The highest BCUT2D eigenvalue weighted by molar-refractivity contribution is 5.97. The summed E-state index contributed by atoms with van der Waals surface area (Å²) in [6.45, 7) is 4.11. The molecule has 1 aromatic rings. The third-order valence-corrected chi connectivity index (χ3v) is 6.42. The number of nitrogens with zero attached hydrogens (tertiary/aromatic N) is 1. The molecule has 3 aliphatic rings. The maximum absolute atomic E-state index is 14.8. The fourth-order valence-electron chi connectivity index (χ4n) is 4.68. The van der Waals surface area contributed by atoms with Gasteiger partial charge >= 0.3 is 0 Å². The van der Waals surface area contributed by atoms with Crippen molar-refractivity contribution in [3.63, 3.8) is 0 Å². The lowest BCUT2D eigenvalue weighted by molar-refractivity contribution is -0.130. The van der Waals surface area contributed by atoms with Crippen molar-refractivity contribution >= 4 is 29.9 Å². The quantitative estimate of drug-likeness (QED) is 0.805. The van der Waals surface area contributed by atoms with Crippen LogP contribution in [0, 0.1) is 17.7 Å². The van der Waals surface area contributed by atoms with Gasteiger partial charge in [-0.25, -0.2) is 4.39 Å². The maximum atomic E-state index is 14.8. The summed E-state index contributed by atoms with van der Waals surface area (Å²) >= 11 is 0. The molecule has 1 saturated carbocycles. The van der Waals surface area contributed by atoms with E-state index in [1.807, 2.05) is 11.0 Å². The molecule has 28 heavy (non-hydrogen) atoms. The zero-order chi connectivity index (χ0) is 19.0. The van der Waals surface area contributed by atoms with Crippen LogP contribution < -0.4 is 10.6 Å². The van der Waals surface area contributed by atoms with E-state index in [9.17, 15) is 14.0 Å². The summed E-state index contributed by atoms with van der Waals surface area (Å²) in [6.07, 6.45) is 5.18. The Kier molecular flexibility index (Phi) is 6.61. The Bertz CT molecular complexity index is 749. The molecule has 4 rings (SSSR count). The maximum Gasteiger partial charge on any atom is 0.229 e. The van der Waals surface area contributed by atoms with Crippen molar-refractivity contribution in [1.82, 2.24) is 10.2 Å². The van der Waals surface area contributed by atoms with Gasteiger partial charge in [0.05, 0.1) is 11.6 Å². The fraction of sp³-hybridized carbons (Fsp3) is 0.619. The monoisotopic (exact) mass is 409 g/mol. The van der Waals surface area contributed by atoms with E-state index in [1.165, 1.54) is 0 Å². The lowest BCUT2D eigenvalue weighted by Gasteiger charge is -2.33. The fourth-order valence-corrected chi connectivity index (χ4v) is 4.68. The molecule has 0 spiro atoms. The summed E-state index contributed by atoms with van der Waals surface area (Å²) in [7, 11) is 0. The summed E-state index contributed by atoms with van der Waals surface area (Å²) in [5.74, 6) is -0.187. The molecular formula is C21H29ClFN3O2. The highest BCUT2D eigenvalue weighted by Crippen LogP contribution is 2.32. The summed E-state index contributed by atoms with van der Waals surface area (Å²) in [6, 6.07) is 3.77. The van der Waals surface area contributed by atoms with Crippen LogP contribution >= 0.6 is 12.4 Å². The Morgan fingerprint density at radius 2 is 2.00 bits per heavy atom. The molecule has 1 unspecified atom stereocenters. The number of hydrogen-bond acceptors (Lipinski definition) is 3.